The van der Waals surface area contributed by atoms with Gasteiger partial charge >= 0.3 is 0 Å². The van der Waals surface area contributed by atoms with Gasteiger partial charge in [-0.1, -0.05) is 18.2 Å². The molecule has 1 aromatic carbocycles. The van der Waals surface area contributed by atoms with E-state index in [2.05, 4.69) is 30.4 Å². The third kappa shape index (κ3) is 2.17. The van der Waals surface area contributed by atoms with Crippen molar-refractivity contribution in [3.63, 3.8) is 0 Å². The Balaban J connectivity index is 1.93. The lowest BCUT2D eigenvalue weighted by atomic mass is 10.2. The van der Waals surface area contributed by atoms with Crippen molar-refractivity contribution in [3.8, 4) is 11.5 Å². The maximum absolute atomic E-state index is 4.76. The van der Waals surface area contributed by atoms with Crippen LogP contribution in [-0.2, 0) is 6.54 Å². The number of imidazole rings is 1. The molecule has 0 saturated heterocycles. The zero-order valence-electron chi connectivity index (χ0n) is 12.0. The largest absolute Gasteiger partial charge is 0.318 e. The first-order valence-electron chi connectivity index (χ1n) is 6.96. The standard InChI is InChI=1S/C16H13N5S/c1-11-15(20-22-19-11)16-18-13-6-2-3-7-14(13)21(16)10-12-5-4-8-17-9-12/h2-9H,10H2,1H3. The van der Waals surface area contributed by atoms with Gasteiger partial charge in [-0.15, -0.1) is 0 Å². The Morgan fingerprint density at radius 1 is 1.09 bits per heavy atom. The molecule has 0 aliphatic carbocycles. The third-order valence-electron chi connectivity index (χ3n) is 3.58. The molecule has 0 aliphatic heterocycles. The van der Waals surface area contributed by atoms with Crippen LogP contribution in [0.2, 0.25) is 0 Å². The highest BCUT2D eigenvalue weighted by Gasteiger charge is 2.17. The zero-order valence-corrected chi connectivity index (χ0v) is 12.8. The summed E-state index contributed by atoms with van der Waals surface area (Å²) in [6.07, 6.45) is 3.66. The van der Waals surface area contributed by atoms with Crippen LogP contribution in [0.4, 0.5) is 0 Å². The number of pyridine rings is 1. The Labute approximate surface area is 131 Å². The minimum atomic E-state index is 0.709. The Hall–Kier alpha value is -2.60. The summed E-state index contributed by atoms with van der Waals surface area (Å²) in [5.74, 6) is 0.858. The quantitative estimate of drug-likeness (QED) is 0.582. The molecular weight excluding hydrogens is 294 g/mol. The summed E-state index contributed by atoms with van der Waals surface area (Å²) in [4.78, 5) is 8.95. The van der Waals surface area contributed by atoms with Crippen LogP contribution in [0.5, 0.6) is 0 Å². The Kier molecular flexibility index (Phi) is 3.16. The summed E-state index contributed by atoms with van der Waals surface area (Å²) in [6, 6.07) is 12.1. The van der Waals surface area contributed by atoms with E-state index in [9.17, 15) is 0 Å². The van der Waals surface area contributed by atoms with Crippen molar-refractivity contribution < 1.29 is 0 Å². The smallest absolute Gasteiger partial charge is 0.163 e. The van der Waals surface area contributed by atoms with Gasteiger partial charge in [-0.05, 0) is 30.7 Å². The second-order valence-corrected chi connectivity index (χ2v) is 5.60. The van der Waals surface area contributed by atoms with Crippen LogP contribution in [0.25, 0.3) is 22.6 Å². The number of rotatable bonds is 3. The summed E-state index contributed by atoms with van der Waals surface area (Å²) in [7, 11) is 0. The molecular formula is C16H13N5S. The molecule has 6 heteroatoms. The molecule has 0 atom stereocenters. The molecule has 0 bridgehead atoms. The summed E-state index contributed by atoms with van der Waals surface area (Å²) in [5.41, 5.74) is 4.95. The van der Waals surface area contributed by atoms with Crippen LogP contribution in [0.3, 0.4) is 0 Å². The minimum absolute atomic E-state index is 0.709. The van der Waals surface area contributed by atoms with E-state index < -0.39 is 0 Å². The van der Waals surface area contributed by atoms with Crippen molar-refractivity contribution in [2.24, 2.45) is 0 Å². The van der Waals surface area contributed by atoms with Crippen molar-refractivity contribution in [1.29, 1.82) is 0 Å². The average Bonchev–Trinajstić information content (AvgIpc) is 3.12. The molecule has 4 aromatic rings. The average molecular weight is 307 g/mol. The summed E-state index contributed by atoms with van der Waals surface area (Å²) < 4.78 is 10.9. The fourth-order valence-corrected chi connectivity index (χ4v) is 3.07. The summed E-state index contributed by atoms with van der Waals surface area (Å²) in [5, 5.41) is 0. The Morgan fingerprint density at radius 3 is 2.77 bits per heavy atom. The number of aryl methyl sites for hydroxylation is 1. The normalized spacial score (nSPS) is 11.1. The van der Waals surface area contributed by atoms with Gasteiger partial charge in [0, 0.05) is 12.4 Å². The van der Waals surface area contributed by atoms with Gasteiger partial charge in [0.05, 0.1) is 35.0 Å². The van der Waals surface area contributed by atoms with E-state index in [0.717, 1.165) is 33.8 Å². The molecule has 22 heavy (non-hydrogen) atoms. The fraction of sp³-hybridized carbons (Fsp3) is 0.125. The number of hydrogen-bond donors (Lipinski definition) is 0. The molecule has 108 valence electrons. The predicted molar refractivity (Wildman–Crippen MR) is 86.7 cm³/mol. The first-order chi connectivity index (χ1) is 10.8. The molecule has 4 rings (SSSR count). The second kappa shape index (κ2) is 5.31. The lowest BCUT2D eigenvalue weighted by molar-refractivity contribution is 0.826. The number of fused-ring (bicyclic) bond motifs is 1. The van der Waals surface area contributed by atoms with Crippen molar-refractivity contribution in [3.05, 3.63) is 60.0 Å². The number of para-hydroxylation sites is 2. The zero-order chi connectivity index (χ0) is 14.9. The lowest BCUT2D eigenvalue weighted by Crippen LogP contribution is -2.03. The van der Waals surface area contributed by atoms with Crippen molar-refractivity contribution in [2.45, 2.75) is 13.5 Å². The highest BCUT2D eigenvalue weighted by Crippen LogP contribution is 2.26. The van der Waals surface area contributed by atoms with E-state index in [1.165, 1.54) is 11.7 Å². The highest BCUT2D eigenvalue weighted by molar-refractivity contribution is 6.99. The van der Waals surface area contributed by atoms with Gasteiger partial charge in [0.1, 0.15) is 5.69 Å². The molecule has 0 amide bonds. The molecule has 0 unspecified atom stereocenters. The summed E-state index contributed by atoms with van der Waals surface area (Å²) in [6.45, 7) is 2.67. The van der Waals surface area contributed by atoms with E-state index in [4.69, 9.17) is 4.98 Å². The molecule has 0 fully saturated rings. The van der Waals surface area contributed by atoms with Gasteiger partial charge in [-0.2, -0.15) is 8.75 Å². The van der Waals surface area contributed by atoms with E-state index in [1.807, 2.05) is 37.4 Å². The van der Waals surface area contributed by atoms with Crippen LogP contribution in [0.1, 0.15) is 11.3 Å². The molecule has 0 aliphatic rings. The monoisotopic (exact) mass is 307 g/mol. The first-order valence-corrected chi connectivity index (χ1v) is 7.69. The molecule has 5 nitrogen and oxygen atoms in total. The van der Waals surface area contributed by atoms with Crippen LogP contribution >= 0.6 is 11.7 Å². The van der Waals surface area contributed by atoms with Gasteiger partial charge in [0.15, 0.2) is 5.82 Å². The SMILES string of the molecule is Cc1nsnc1-c1nc2ccccc2n1Cc1cccnc1. The molecule has 3 heterocycles. The molecule has 0 saturated carbocycles. The summed E-state index contributed by atoms with van der Waals surface area (Å²) >= 11 is 1.22. The maximum Gasteiger partial charge on any atom is 0.163 e. The van der Waals surface area contributed by atoms with Gasteiger partial charge in [0.2, 0.25) is 0 Å². The Bertz CT molecular complexity index is 926. The topological polar surface area (TPSA) is 56.5 Å². The number of nitrogens with zero attached hydrogens (tertiary/aromatic N) is 5. The molecule has 0 spiro atoms. The van der Waals surface area contributed by atoms with Crippen LogP contribution in [0, 0.1) is 6.92 Å². The van der Waals surface area contributed by atoms with E-state index in [-0.39, 0.29) is 0 Å². The molecule has 3 aromatic heterocycles. The van der Waals surface area contributed by atoms with Crippen molar-refractivity contribution in [1.82, 2.24) is 23.3 Å². The van der Waals surface area contributed by atoms with Gasteiger partial charge in [0.25, 0.3) is 0 Å². The maximum atomic E-state index is 4.76. The molecule has 0 radical (unpaired) electrons. The van der Waals surface area contributed by atoms with Gasteiger partial charge < -0.3 is 4.57 Å². The van der Waals surface area contributed by atoms with Crippen LogP contribution in [0.15, 0.2) is 48.8 Å². The lowest BCUT2D eigenvalue weighted by Gasteiger charge is -2.08. The Morgan fingerprint density at radius 2 is 2.00 bits per heavy atom. The van der Waals surface area contributed by atoms with Gasteiger partial charge in [-0.3, -0.25) is 4.98 Å². The van der Waals surface area contributed by atoms with Gasteiger partial charge in [-0.25, -0.2) is 4.98 Å². The van der Waals surface area contributed by atoms with Crippen molar-refractivity contribution >= 4 is 22.8 Å². The number of aromatic nitrogens is 5. The van der Waals surface area contributed by atoms with Crippen molar-refractivity contribution in [2.75, 3.05) is 0 Å². The van der Waals surface area contributed by atoms with Crippen LogP contribution in [-0.4, -0.2) is 23.3 Å². The number of benzene rings is 1. The fourth-order valence-electron chi connectivity index (χ4n) is 2.52. The second-order valence-electron chi connectivity index (χ2n) is 5.07. The minimum Gasteiger partial charge on any atom is -0.318 e. The number of hydrogen-bond acceptors (Lipinski definition) is 5. The molecule has 0 N–H and O–H groups in total. The van der Waals surface area contributed by atoms with E-state index >= 15 is 0 Å². The van der Waals surface area contributed by atoms with E-state index in [1.54, 1.807) is 6.20 Å². The predicted octanol–water partition coefficient (Wildman–Crippen LogP) is 3.31. The highest BCUT2D eigenvalue weighted by atomic mass is 32.1. The first kappa shape index (κ1) is 13.1. The van der Waals surface area contributed by atoms with E-state index in [0.29, 0.717) is 6.54 Å². The van der Waals surface area contributed by atoms with Crippen LogP contribution < -0.4 is 0 Å². The third-order valence-corrected chi connectivity index (χ3v) is 4.20.